The first kappa shape index (κ1) is 23.4. The van der Waals surface area contributed by atoms with Crippen LogP contribution >= 0.6 is 0 Å². The Labute approximate surface area is 149 Å². The molecule has 0 heterocycles. The van der Waals surface area contributed by atoms with Crippen LogP contribution in [0.5, 0.6) is 0 Å². The van der Waals surface area contributed by atoms with Gasteiger partial charge in [0.25, 0.3) is 0 Å². The molecule has 0 saturated carbocycles. The van der Waals surface area contributed by atoms with E-state index in [0.29, 0.717) is 13.0 Å². The minimum absolute atomic E-state index is 0.127. The summed E-state index contributed by atoms with van der Waals surface area (Å²) < 4.78 is 15.3. The largest absolute Gasteiger partial charge is 0.463 e. The molecule has 0 aromatic rings. The van der Waals surface area contributed by atoms with E-state index in [2.05, 4.69) is 13.8 Å². The van der Waals surface area contributed by atoms with Crippen LogP contribution in [0.2, 0.25) is 0 Å². The molecule has 0 aliphatic carbocycles. The molecule has 0 aliphatic rings. The molecule has 2 unspecified atom stereocenters. The second kappa shape index (κ2) is 17.2. The van der Waals surface area contributed by atoms with Crippen molar-refractivity contribution in [2.75, 3.05) is 27.4 Å². The van der Waals surface area contributed by atoms with Crippen LogP contribution < -0.4 is 0 Å². The molecule has 4 nitrogen and oxygen atoms in total. The average molecular weight is 345 g/mol. The van der Waals surface area contributed by atoms with E-state index < -0.39 is 0 Å². The fourth-order valence-corrected chi connectivity index (χ4v) is 2.66. The van der Waals surface area contributed by atoms with Crippen molar-refractivity contribution in [2.24, 2.45) is 5.92 Å². The van der Waals surface area contributed by atoms with E-state index in [1.54, 1.807) is 14.2 Å². The van der Waals surface area contributed by atoms with E-state index in [9.17, 15) is 4.79 Å². The maximum atomic E-state index is 11.6. The summed E-state index contributed by atoms with van der Waals surface area (Å²) in [6.07, 6.45) is 13.0. The van der Waals surface area contributed by atoms with Gasteiger partial charge in [-0.15, -0.1) is 0 Å². The highest BCUT2D eigenvalue weighted by Gasteiger charge is 2.10. The first-order valence-electron chi connectivity index (χ1n) is 9.81. The molecule has 4 heteroatoms. The molecule has 144 valence electrons. The summed E-state index contributed by atoms with van der Waals surface area (Å²) in [7, 11) is 3.21. The van der Waals surface area contributed by atoms with Gasteiger partial charge in [-0.05, 0) is 12.3 Å². The molecular weight excluding hydrogens is 304 g/mol. The lowest BCUT2D eigenvalue weighted by molar-refractivity contribution is -0.148. The van der Waals surface area contributed by atoms with Crippen molar-refractivity contribution in [1.29, 1.82) is 0 Å². The predicted molar refractivity (Wildman–Crippen MR) is 99.3 cm³/mol. The zero-order chi connectivity index (χ0) is 18.0. The molecule has 0 saturated heterocycles. The summed E-state index contributed by atoms with van der Waals surface area (Å²) in [5.74, 6) is 0.761. The number of unbranched alkanes of at least 4 members (excludes halogenated alkanes) is 7. The normalized spacial score (nSPS) is 13.7. The lowest BCUT2D eigenvalue weighted by Crippen LogP contribution is -2.25. The third-order valence-corrected chi connectivity index (χ3v) is 4.64. The average Bonchev–Trinajstić information content (AvgIpc) is 2.59. The number of ether oxygens (including phenoxy) is 3. The molecule has 0 aromatic carbocycles. The zero-order valence-corrected chi connectivity index (χ0v) is 16.5. The smallest absolute Gasteiger partial charge is 0.305 e. The van der Waals surface area contributed by atoms with Crippen molar-refractivity contribution in [2.45, 2.75) is 90.6 Å². The van der Waals surface area contributed by atoms with Crippen LogP contribution in [0.3, 0.4) is 0 Å². The quantitative estimate of drug-likeness (QED) is 0.271. The summed E-state index contributed by atoms with van der Waals surface area (Å²) >= 11 is 0. The van der Waals surface area contributed by atoms with Gasteiger partial charge in [-0.1, -0.05) is 71.6 Å². The van der Waals surface area contributed by atoms with E-state index in [0.717, 1.165) is 18.8 Å². The van der Waals surface area contributed by atoms with E-state index in [1.165, 1.54) is 51.4 Å². The fraction of sp³-hybridized carbons (Fsp3) is 0.950. The Balaban J connectivity index is 3.33. The SMILES string of the molecule is CCC(C)CCCCCCCCCCC(=O)OCC(COC)OC. The first-order valence-corrected chi connectivity index (χ1v) is 9.81. The lowest BCUT2D eigenvalue weighted by atomic mass is 9.99. The van der Waals surface area contributed by atoms with Crippen LogP contribution in [-0.2, 0) is 19.0 Å². The van der Waals surface area contributed by atoms with Crippen molar-refractivity contribution < 1.29 is 19.0 Å². The van der Waals surface area contributed by atoms with E-state index in [-0.39, 0.29) is 18.7 Å². The summed E-state index contributed by atoms with van der Waals surface area (Å²) in [5, 5.41) is 0. The number of esters is 1. The van der Waals surface area contributed by atoms with Gasteiger partial charge in [0.1, 0.15) is 12.7 Å². The highest BCUT2D eigenvalue weighted by Crippen LogP contribution is 2.15. The van der Waals surface area contributed by atoms with Gasteiger partial charge in [0.15, 0.2) is 0 Å². The van der Waals surface area contributed by atoms with Gasteiger partial charge in [0.05, 0.1) is 6.61 Å². The molecule has 0 bridgehead atoms. The Bertz CT molecular complexity index is 281. The van der Waals surface area contributed by atoms with Gasteiger partial charge in [0, 0.05) is 20.6 Å². The van der Waals surface area contributed by atoms with Crippen LogP contribution in [0.15, 0.2) is 0 Å². The molecule has 2 atom stereocenters. The van der Waals surface area contributed by atoms with Crippen LogP contribution in [0.1, 0.15) is 84.5 Å². The monoisotopic (exact) mass is 344 g/mol. The molecule has 0 rings (SSSR count). The molecule has 0 amide bonds. The van der Waals surface area contributed by atoms with Crippen molar-refractivity contribution >= 4 is 5.97 Å². The first-order chi connectivity index (χ1) is 11.6. The molecule has 0 fully saturated rings. The van der Waals surface area contributed by atoms with Gasteiger partial charge >= 0.3 is 5.97 Å². The third kappa shape index (κ3) is 14.9. The van der Waals surface area contributed by atoms with Crippen LogP contribution in [-0.4, -0.2) is 39.5 Å². The Hall–Kier alpha value is -0.610. The number of methoxy groups -OCH3 is 2. The predicted octanol–water partition coefficient (Wildman–Crippen LogP) is 5.14. The second-order valence-corrected chi connectivity index (χ2v) is 6.88. The van der Waals surface area contributed by atoms with Crippen molar-refractivity contribution in [3.8, 4) is 0 Å². The minimum atomic E-state index is -0.167. The van der Waals surface area contributed by atoms with E-state index in [4.69, 9.17) is 14.2 Å². The summed E-state index contributed by atoms with van der Waals surface area (Å²) in [4.78, 5) is 11.6. The zero-order valence-electron chi connectivity index (χ0n) is 16.5. The molecule has 0 aliphatic heterocycles. The van der Waals surface area contributed by atoms with Crippen molar-refractivity contribution in [3.63, 3.8) is 0 Å². The Kier molecular flexibility index (Phi) is 16.8. The molecular formula is C20H40O4. The summed E-state index contributed by atoms with van der Waals surface area (Å²) in [6.45, 7) is 5.34. The topological polar surface area (TPSA) is 44.8 Å². The molecule has 24 heavy (non-hydrogen) atoms. The number of rotatable bonds is 17. The number of hydrogen-bond donors (Lipinski definition) is 0. The van der Waals surface area contributed by atoms with Crippen LogP contribution in [0.25, 0.3) is 0 Å². The summed E-state index contributed by atoms with van der Waals surface area (Å²) in [6, 6.07) is 0. The Morgan fingerprint density at radius 3 is 2.00 bits per heavy atom. The van der Waals surface area contributed by atoms with Gasteiger partial charge in [0.2, 0.25) is 0 Å². The maximum Gasteiger partial charge on any atom is 0.305 e. The molecule has 0 N–H and O–H groups in total. The Morgan fingerprint density at radius 1 is 0.875 bits per heavy atom. The second-order valence-electron chi connectivity index (χ2n) is 6.88. The highest BCUT2D eigenvalue weighted by atomic mass is 16.6. The van der Waals surface area contributed by atoms with Gasteiger partial charge < -0.3 is 14.2 Å². The maximum absolute atomic E-state index is 11.6. The van der Waals surface area contributed by atoms with Crippen molar-refractivity contribution in [1.82, 2.24) is 0 Å². The van der Waals surface area contributed by atoms with E-state index in [1.807, 2.05) is 0 Å². The number of carbonyl (C=O) groups excluding carboxylic acids is 1. The summed E-state index contributed by atoms with van der Waals surface area (Å²) in [5.41, 5.74) is 0. The minimum Gasteiger partial charge on any atom is -0.463 e. The number of carbonyl (C=O) groups is 1. The molecule has 0 spiro atoms. The van der Waals surface area contributed by atoms with Crippen LogP contribution in [0.4, 0.5) is 0 Å². The number of hydrogen-bond acceptors (Lipinski definition) is 4. The van der Waals surface area contributed by atoms with Gasteiger partial charge in [-0.2, -0.15) is 0 Å². The third-order valence-electron chi connectivity index (χ3n) is 4.64. The van der Waals surface area contributed by atoms with E-state index >= 15 is 0 Å². The van der Waals surface area contributed by atoms with Gasteiger partial charge in [-0.3, -0.25) is 4.79 Å². The lowest BCUT2D eigenvalue weighted by Gasteiger charge is -2.14. The Morgan fingerprint density at radius 2 is 1.46 bits per heavy atom. The van der Waals surface area contributed by atoms with Crippen molar-refractivity contribution in [3.05, 3.63) is 0 Å². The fourth-order valence-electron chi connectivity index (χ4n) is 2.66. The standard InChI is InChI=1S/C20H40O4/c1-5-18(2)14-12-10-8-6-7-9-11-13-15-20(21)24-17-19(23-4)16-22-3/h18-19H,5-17H2,1-4H3. The molecule has 0 radical (unpaired) electrons. The highest BCUT2D eigenvalue weighted by molar-refractivity contribution is 5.69. The van der Waals surface area contributed by atoms with Gasteiger partial charge in [-0.25, -0.2) is 0 Å². The molecule has 0 aromatic heterocycles. The van der Waals surface area contributed by atoms with Crippen LogP contribution in [0, 0.1) is 5.92 Å².